The molecule has 2 nitrogen and oxygen atoms in total. The van der Waals surface area contributed by atoms with Gasteiger partial charge < -0.3 is 4.74 Å². The molecule has 114 valence electrons. The molecule has 2 heteroatoms. The number of pyridine rings is 1. The highest BCUT2D eigenvalue weighted by molar-refractivity contribution is 5.43. The zero-order valence-electron chi connectivity index (χ0n) is 14.7. The smallest absolute Gasteiger partial charge is 0.144 e. The van der Waals surface area contributed by atoms with E-state index in [0.717, 1.165) is 23.6 Å². The highest BCUT2D eigenvalue weighted by atomic mass is 16.5. The first-order chi connectivity index (χ1) is 8.96. The van der Waals surface area contributed by atoms with Gasteiger partial charge in [0.15, 0.2) is 0 Å². The Morgan fingerprint density at radius 3 is 2.05 bits per heavy atom. The normalized spacial score (nSPS) is 14.2. The molecule has 1 rings (SSSR count). The van der Waals surface area contributed by atoms with Crippen LogP contribution in [0, 0.1) is 6.92 Å². The molecule has 0 N–H and O–H groups in total. The molecule has 1 aromatic rings. The van der Waals surface area contributed by atoms with Crippen molar-refractivity contribution in [1.29, 1.82) is 0 Å². The Hall–Kier alpha value is -1.05. The SMILES string of the molecule is CCC(C)Oc1c(C)cc(C(C)(C)C)nc1C(C)(C)C. The zero-order valence-corrected chi connectivity index (χ0v) is 14.7. The average molecular weight is 277 g/mol. The zero-order chi connectivity index (χ0) is 15.7. The number of aryl methyl sites for hydroxylation is 1. The Kier molecular flexibility index (Phi) is 4.89. The summed E-state index contributed by atoms with van der Waals surface area (Å²) in [6.07, 6.45) is 1.22. The highest BCUT2D eigenvalue weighted by Gasteiger charge is 2.27. The highest BCUT2D eigenvalue weighted by Crippen LogP contribution is 2.36. The lowest BCUT2D eigenvalue weighted by atomic mass is 9.86. The van der Waals surface area contributed by atoms with Crippen LogP contribution < -0.4 is 4.74 Å². The van der Waals surface area contributed by atoms with Crippen LogP contribution in [-0.2, 0) is 10.8 Å². The van der Waals surface area contributed by atoms with E-state index in [1.807, 2.05) is 0 Å². The van der Waals surface area contributed by atoms with Gasteiger partial charge in [0.25, 0.3) is 0 Å². The molecule has 0 spiro atoms. The van der Waals surface area contributed by atoms with Gasteiger partial charge in [0.2, 0.25) is 0 Å². The molecule has 1 heterocycles. The van der Waals surface area contributed by atoms with Crippen molar-refractivity contribution < 1.29 is 4.74 Å². The molecule has 0 fully saturated rings. The molecular formula is C18H31NO. The van der Waals surface area contributed by atoms with E-state index in [0.29, 0.717) is 0 Å². The van der Waals surface area contributed by atoms with Crippen molar-refractivity contribution in [2.24, 2.45) is 0 Å². The molecule has 0 radical (unpaired) electrons. The Labute approximate surface area is 125 Å². The largest absolute Gasteiger partial charge is 0.489 e. The average Bonchev–Trinajstić information content (AvgIpc) is 2.28. The van der Waals surface area contributed by atoms with Crippen molar-refractivity contribution in [2.75, 3.05) is 0 Å². The topological polar surface area (TPSA) is 22.1 Å². The maximum absolute atomic E-state index is 6.16. The molecule has 1 unspecified atom stereocenters. The second-order valence-electron chi connectivity index (χ2n) is 7.84. The van der Waals surface area contributed by atoms with Crippen molar-refractivity contribution in [3.05, 3.63) is 23.0 Å². The molecule has 0 aliphatic carbocycles. The van der Waals surface area contributed by atoms with Crippen molar-refractivity contribution in [3.8, 4) is 5.75 Å². The fourth-order valence-electron chi connectivity index (χ4n) is 1.99. The van der Waals surface area contributed by atoms with Crippen molar-refractivity contribution in [2.45, 2.75) is 85.7 Å². The number of ether oxygens (including phenoxy) is 1. The fourth-order valence-corrected chi connectivity index (χ4v) is 1.99. The molecule has 1 atom stereocenters. The molecule has 0 bridgehead atoms. The van der Waals surface area contributed by atoms with Crippen molar-refractivity contribution in [3.63, 3.8) is 0 Å². The van der Waals surface area contributed by atoms with Gasteiger partial charge in [0.05, 0.1) is 11.8 Å². The van der Waals surface area contributed by atoms with E-state index in [-0.39, 0.29) is 16.9 Å². The molecule has 0 aromatic carbocycles. The standard InChI is InChI=1S/C18H31NO/c1-10-13(3)20-15-12(2)11-14(17(4,5)6)19-16(15)18(7,8)9/h11,13H,10H2,1-9H3. The first kappa shape index (κ1) is 17.0. The fraction of sp³-hybridized carbons (Fsp3) is 0.722. The maximum Gasteiger partial charge on any atom is 0.144 e. The molecule has 0 aliphatic rings. The number of rotatable bonds is 3. The lowest BCUT2D eigenvalue weighted by molar-refractivity contribution is 0.209. The first-order valence-electron chi connectivity index (χ1n) is 7.66. The number of hydrogen-bond acceptors (Lipinski definition) is 2. The third-order valence-corrected chi connectivity index (χ3v) is 3.53. The quantitative estimate of drug-likeness (QED) is 0.761. The van der Waals surface area contributed by atoms with E-state index in [9.17, 15) is 0 Å². The van der Waals surface area contributed by atoms with Gasteiger partial charge in [0, 0.05) is 16.5 Å². The van der Waals surface area contributed by atoms with E-state index in [1.165, 1.54) is 5.56 Å². The Balaban J connectivity index is 3.44. The summed E-state index contributed by atoms with van der Waals surface area (Å²) >= 11 is 0. The Morgan fingerprint density at radius 1 is 1.10 bits per heavy atom. The summed E-state index contributed by atoms with van der Waals surface area (Å²) in [7, 11) is 0. The van der Waals surface area contributed by atoms with E-state index in [1.54, 1.807) is 0 Å². The van der Waals surface area contributed by atoms with Gasteiger partial charge in [-0.3, -0.25) is 4.98 Å². The predicted molar refractivity (Wildman–Crippen MR) is 86.8 cm³/mol. The van der Waals surface area contributed by atoms with Gasteiger partial charge in [0.1, 0.15) is 5.75 Å². The minimum Gasteiger partial charge on any atom is -0.489 e. The summed E-state index contributed by atoms with van der Waals surface area (Å²) in [6, 6.07) is 2.17. The third-order valence-electron chi connectivity index (χ3n) is 3.53. The number of aromatic nitrogens is 1. The van der Waals surface area contributed by atoms with Crippen LogP contribution in [0.1, 0.15) is 78.8 Å². The minimum atomic E-state index is -0.0190. The predicted octanol–water partition coefficient (Wildman–Crippen LogP) is 5.16. The third kappa shape index (κ3) is 3.97. The van der Waals surface area contributed by atoms with Crippen LogP contribution in [0.15, 0.2) is 6.07 Å². The van der Waals surface area contributed by atoms with Gasteiger partial charge in [-0.05, 0) is 31.9 Å². The van der Waals surface area contributed by atoms with Gasteiger partial charge >= 0.3 is 0 Å². The van der Waals surface area contributed by atoms with Gasteiger partial charge in [-0.25, -0.2) is 0 Å². The second kappa shape index (κ2) is 5.75. The number of hydrogen-bond donors (Lipinski definition) is 0. The molecule has 20 heavy (non-hydrogen) atoms. The summed E-state index contributed by atoms with van der Waals surface area (Å²) in [5.74, 6) is 0.972. The van der Waals surface area contributed by atoms with Gasteiger partial charge in [-0.1, -0.05) is 48.5 Å². The summed E-state index contributed by atoms with van der Waals surface area (Å²) in [4.78, 5) is 4.94. The van der Waals surface area contributed by atoms with Crippen LogP contribution in [0.3, 0.4) is 0 Å². The summed E-state index contributed by atoms with van der Waals surface area (Å²) in [5.41, 5.74) is 3.43. The van der Waals surface area contributed by atoms with Crippen LogP contribution in [-0.4, -0.2) is 11.1 Å². The second-order valence-corrected chi connectivity index (χ2v) is 7.84. The van der Waals surface area contributed by atoms with E-state index >= 15 is 0 Å². The molecule has 0 amide bonds. The molecule has 0 saturated carbocycles. The van der Waals surface area contributed by atoms with Crippen molar-refractivity contribution >= 4 is 0 Å². The van der Waals surface area contributed by atoms with Crippen LogP contribution in [0.2, 0.25) is 0 Å². The minimum absolute atomic E-state index is 0.0190. The van der Waals surface area contributed by atoms with E-state index < -0.39 is 0 Å². The van der Waals surface area contributed by atoms with Crippen molar-refractivity contribution in [1.82, 2.24) is 4.98 Å². The van der Waals surface area contributed by atoms with Gasteiger partial charge in [-0.15, -0.1) is 0 Å². The summed E-state index contributed by atoms with van der Waals surface area (Å²) < 4.78 is 6.16. The van der Waals surface area contributed by atoms with E-state index in [4.69, 9.17) is 9.72 Å². The van der Waals surface area contributed by atoms with Crippen LogP contribution in [0.25, 0.3) is 0 Å². The van der Waals surface area contributed by atoms with E-state index in [2.05, 4.69) is 68.4 Å². The Morgan fingerprint density at radius 2 is 1.65 bits per heavy atom. The molecule has 1 aromatic heterocycles. The number of nitrogens with zero attached hydrogens (tertiary/aromatic N) is 1. The summed E-state index contributed by atoms with van der Waals surface area (Å²) in [6.45, 7) is 19.6. The Bertz CT molecular complexity index is 464. The lowest BCUT2D eigenvalue weighted by Crippen LogP contribution is -2.23. The first-order valence-corrected chi connectivity index (χ1v) is 7.66. The monoisotopic (exact) mass is 277 g/mol. The summed E-state index contributed by atoms with van der Waals surface area (Å²) in [5, 5.41) is 0. The molecule has 0 aliphatic heterocycles. The van der Waals surface area contributed by atoms with Gasteiger partial charge in [-0.2, -0.15) is 0 Å². The van der Waals surface area contributed by atoms with Crippen LogP contribution >= 0.6 is 0 Å². The maximum atomic E-state index is 6.16. The lowest BCUT2D eigenvalue weighted by Gasteiger charge is -2.28. The van der Waals surface area contributed by atoms with Crippen LogP contribution in [0.5, 0.6) is 5.75 Å². The molecule has 0 saturated heterocycles. The molecular weight excluding hydrogens is 246 g/mol. The van der Waals surface area contributed by atoms with Crippen LogP contribution in [0.4, 0.5) is 0 Å².